The van der Waals surface area contributed by atoms with Crippen LogP contribution in [0.4, 0.5) is 11.4 Å². The second-order valence-corrected chi connectivity index (χ2v) is 5.30. The molecule has 0 aliphatic carbocycles. The number of pyridine rings is 1. The highest BCUT2D eigenvalue weighted by Crippen LogP contribution is 2.29. The van der Waals surface area contributed by atoms with Crippen LogP contribution in [-0.2, 0) is 0 Å². The first-order valence-corrected chi connectivity index (χ1v) is 7.09. The van der Waals surface area contributed by atoms with E-state index in [4.69, 9.17) is 5.73 Å². The van der Waals surface area contributed by atoms with E-state index < -0.39 is 0 Å². The van der Waals surface area contributed by atoms with Crippen LogP contribution >= 0.6 is 15.9 Å². The number of fused-ring (bicyclic) bond motifs is 1. The summed E-state index contributed by atoms with van der Waals surface area (Å²) < 4.78 is 1.04. The molecule has 0 fully saturated rings. The third kappa shape index (κ3) is 2.93. The zero-order valence-electron chi connectivity index (χ0n) is 10.5. The van der Waals surface area contributed by atoms with Crippen molar-refractivity contribution in [3.8, 4) is 0 Å². The normalized spacial score (nSPS) is 10.8. The van der Waals surface area contributed by atoms with E-state index in [1.54, 1.807) is 6.20 Å². The maximum Gasteiger partial charge on any atom is 0.0743 e. The minimum absolute atomic E-state index is 0.706. The van der Waals surface area contributed by atoms with Crippen LogP contribution in [-0.4, -0.2) is 11.5 Å². The van der Waals surface area contributed by atoms with Gasteiger partial charge in [0.1, 0.15) is 0 Å². The standard InChI is InChI=1S/C14H18BrN3/c1-2-3-4-7-17-14-11-8-10(15)5-6-13(11)18-9-12(14)16/h5-6,8-9H,2-4,7,16H2,1H3,(H,17,18). The predicted octanol–water partition coefficient (Wildman–Crippen LogP) is 4.18. The SMILES string of the molecule is CCCCCNc1c(N)cnc2ccc(Br)cc12. The van der Waals surface area contributed by atoms with E-state index in [1.165, 1.54) is 12.8 Å². The Morgan fingerprint density at radius 2 is 2.17 bits per heavy atom. The Labute approximate surface area is 116 Å². The number of benzene rings is 1. The van der Waals surface area contributed by atoms with Crippen molar-refractivity contribution in [3.63, 3.8) is 0 Å². The summed E-state index contributed by atoms with van der Waals surface area (Å²) in [6, 6.07) is 6.04. The fraction of sp³-hybridized carbons (Fsp3) is 0.357. The fourth-order valence-corrected chi connectivity index (χ4v) is 2.33. The van der Waals surface area contributed by atoms with Gasteiger partial charge in [0.15, 0.2) is 0 Å². The molecule has 2 rings (SSSR count). The van der Waals surface area contributed by atoms with Gasteiger partial charge in [-0.25, -0.2) is 0 Å². The number of nitrogens with one attached hydrogen (secondary N) is 1. The molecule has 18 heavy (non-hydrogen) atoms. The molecule has 2 aromatic rings. The maximum atomic E-state index is 6.01. The van der Waals surface area contributed by atoms with E-state index in [0.29, 0.717) is 5.69 Å². The third-order valence-corrected chi connectivity index (χ3v) is 3.43. The average molecular weight is 308 g/mol. The lowest BCUT2D eigenvalue weighted by Crippen LogP contribution is -2.05. The van der Waals surface area contributed by atoms with Gasteiger partial charge in [0.2, 0.25) is 0 Å². The van der Waals surface area contributed by atoms with Crippen LogP contribution in [0.25, 0.3) is 10.9 Å². The quantitative estimate of drug-likeness (QED) is 0.815. The smallest absolute Gasteiger partial charge is 0.0743 e. The number of rotatable bonds is 5. The number of anilines is 2. The van der Waals surface area contributed by atoms with Gasteiger partial charge in [0.25, 0.3) is 0 Å². The van der Waals surface area contributed by atoms with Gasteiger partial charge in [0, 0.05) is 16.4 Å². The van der Waals surface area contributed by atoms with Crippen molar-refractivity contribution in [1.82, 2.24) is 4.98 Å². The van der Waals surface area contributed by atoms with Crippen LogP contribution in [0.5, 0.6) is 0 Å². The number of nitrogens with two attached hydrogens (primary N) is 1. The molecule has 0 bridgehead atoms. The number of hydrogen-bond acceptors (Lipinski definition) is 3. The van der Waals surface area contributed by atoms with Crippen molar-refractivity contribution in [2.75, 3.05) is 17.6 Å². The Kier molecular flexibility index (Phi) is 4.42. The minimum atomic E-state index is 0.706. The monoisotopic (exact) mass is 307 g/mol. The molecule has 3 N–H and O–H groups in total. The van der Waals surface area contributed by atoms with Crippen LogP contribution in [0.1, 0.15) is 26.2 Å². The minimum Gasteiger partial charge on any atom is -0.396 e. The first-order valence-electron chi connectivity index (χ1n) is 6.30. The molecule has 1 heterocycles. The van der Waals surface area contributed by atoms with Gasteiger partial charge in [-0.05, 0) is 24.6 Å². The molecule has 1 aromatic carbocycles. The first-order chi connectivity index (χ1) is 8.72. The van der Waals surface area contributed by atoms with Crippen LogP contribution in [0.15, 0.2) is 28.9 Å². The molecule has 0 unspecified atom stereocenters. The van der Waals surface area contributed by atoms with Crippen molar-refractivity contribution < 1.29 is 0 Å². The Balaban J connectivity index is 2.29. The van der Waals surface area contributed by atoms with Crippen molar-refractivity contribution in [3.05, 3.63) is 28.9 Å². The molecule has 4 heteroatoms. The number of aromatic nitrogens is 1. The number of nitrogens with zero attached hydrogens (tertiary/aromatic N) is 1. The van der Waals surface area contributed by atoms with E-state index in [1.807, 2.05) is 12.1 Å². The summed E-state index contributed by atoms with van der Waals surface area (Å²) in [5, 5.41) is 4.50. The van der Waals surface area contributed by atoms with Gasteiger partial charge in [-0.3, -0.25) is 4.98 Å². The zero-order chi connectivity index (χ0) is 13.0. The Morgan fingerprint density at radius 1 is 1.33 bits per heavy atom. The van der Waals surface area contributed by atoms with Crippen LogP contribution in [0.2, 0.25) is 0 Å². The van der Waals surface area contributed by atoms with Gasteiger partial charge in [-0.15, -0.1) is 0 Å². The highest BCUT2D eigenvalue weighted by molar-refractivity contribution is 9.10. The van der Waals surface area contributed by atoms with Crippen molar-refractivity contribution >= 4 is 38.2 Å². The van der Waals surface area contributed by atoms with Gasteiger partial charge >= 0.3 is 0 Å². The second kappa shape index (κ2) is 6.05. The molecule has 0 amide bonds. The molecular weight excluding hydrogens is 290 g/mol. The highest BCUT2D eigenvalue weighted by atomic mass is 79.9. The lowest BCUT2D eigenvalue weighted by Gasteiger charge is -2.12. The van der Waals surface area contributed by atoms with E-state index in [2.05, 4.69) is 39.2 Å². The van der Waals surface area contributed by atoms with Crippen LogP contribution in [0.3, 0.4) is 0 Å². The first kappa shape index (κ1) is 13.1. The number of unbranched alkanes of at least 4 members (excludes halogenated alkanes) is 2. The molecule has 0 aliphatic heterocycles. The summed E-state index contributed by atoms with van der Waals surface area (Å²) in [5.74, 6) is 0. The lowest BCUT2D eigenvalue weighted by atomic mass is 10.1. The molecule has 0 atom stereocenters. The lowest BCUT2D eigenvalue weighted by molar-refractivity contribution is 0.744. The van der Waals surface area contributed by atoms with Crippen molar-refractivity contribution in [1.29, 1.82) is 0 Å². The van der Waals surface area contributed by atoms with Crippen molar-refractivity contribution in [2.45, 2.75) is 26.2 Å². The topological polar surface area (TPSA) is 50.9 Å². The maximum absolute atomic E-state index is 6.01. The average Bonchev–Trinajstić information content (AvgIpc) is 2.36. The van der Waals surface area contributed by atoms with Crippen LogP contribution in [0, 0.1) is 0 Å². The summed E-state index contributed by atoms with van der Waals surface area (Å²) in [5.41, 5.74) is 8.68. The highest BCUT2D eigenvalue weighted by Gasteiger charge is 2.06. The molecule has 0 radical (unpaired) electrons. The zero-order valence-corrected chi connectivity index (χ0v) is 12.1. The molecule has 0 aliphatic rings. The Hall–Kier alpha value is -1.29. The van der Waals surface area contributed by atoms with Gasteiger partial charge in [-0.1, -0.05) is 35.7 Å². The molecule has 1 aromatic heterocycles. The summed E-state index contributed by atoms with van der Waals surface area (Å²) >= 11 is 3.49. The Morgan fingerprint density at radius 3 is 2.94 bits per heavy atom. The van der Waals surface area contributed by atoms with E-state index in [9.17, 15) is 0 Å². The predicted molar refractivity (Wildman–Crippen MR) is 81.9 cm³/mol. The largest absolute Gasteiger partial charge is 0.396 e. The second-order valence-electron chi connectivity index (χ2n) is 4.38. The molecule has 0 saturated carbocycles. The van der Waals surface area contributed by atoms with Gasteiger partial charge < -0.3 is 11.1 Å². The van der Waals surface area contributed by atoms with Gasteiger partial charge in [0.05, 0.1) is 23.1 Å². The molecule has 3 nitrogen and oxygen atoms in total. The van der Waals surface area contributed by atoms with E-state index in [0.717, 1.165) is 34.0 Å². The van der Waals surface area contributed by atoms with Crippen LogP contribution < -0.4 is 11.1 Å². The van der Waals surface area contributed by atoms with Gasteiger partial charge in [-0.2, -0.15) is 0 Å². The fourth-order valence-electron chi connectivity index (χ4n) is 1.97. The third-order valence-electron chi connectivity index (χ3n) is 2.94. The summed E-state index contributed by atoms with van der Waals surface area (Å²) in [4.78, 5) is 4.34. The van der Waals surface area contributed by atoms with E-state index >= 15 is 0 Å². The summed E-state index contributed by atoms with van der Waals surface area (Å²) in [6.45, 7) is 3.15. The van der Waals surface area contributed by atoms with Crippen molar-refractivity contribution in [2.24, 2.45) is 0 Å². The molecule has 0 saturated heterocycles. The summed E-state index contributed by atoms with van der Waals surface area (Å²) in [6.07, 6.45) is 5.34. The number of hydrogen-bond donors (Lipinski definition) is 2. The summed E-state index contributed by atoms with van der Waals surface area (Å²) in [7, 11) is 0. The van der Waals surface area contributed by atoms with E-state index in [-0.39, 0.29) is 0 Å². The number of halogens is 1. The molecular formula is C14H18BrN3. The molecule has 0 spiro atoms. The number of nitrogen functional groups attached to an aromatic ring is 1. The molecule has 96 valence electrons. The Bertz CT molecular complexity index is 535.